The second kappa shape index (κ2) is 7.28. The first kappa shape index (κ1) is 17.9. The van der Waals surface area contributed by atoms with Crippen LogP contribution in [-0.2, 0) is 16.1 Å². The number of carbonyl (C=O) groups is 2. The van der Waals surface area contributed by atoms with Gasteiger partial charge in [0, 0.05) is 18.0 Å². The lowest BCUT2D eigenvalue weighted by molar-refractivity contribution is -0.141. The van der Waals surface area contributed by atoms with E-state index in [1.807, 2.05) is 0 Å². The fourth-order valence-electron chi connectivity index (χ4n) is 2.73. The van der Waals surface area contributed by atoms with Gasteiger partial charge in [-0.3, -0.25) is 19.6 Å². The Labute approximate surface area is 161 Å². The molecule has 0 bridgehead atoms. The molecule has 4 rings (SSSR count). The van der Waals surface area contributed by atoms with Crippen molar-refractivity contribution in [3.8, 4) is 0 Å². The van der Waals surface area contributed by atoms with Crippen LogP contribution in [0.25, 0.3) is 21.3 Å². The van der Waals surface area contributed by atoms with Gasteiger partial charge in [-0.2, -0.15) is 4.99 Å². The minimum absolute atomic E-state index is 0.141. The van der Waals surface area contributed by atoms with Crippen molar-refractivity contribution in [2.75, 3.05) is 7.11 Å². The first-order valence-electron chi connectivity index (χ1n) is 8.21. The third kappa shape index (κ3) is 3.39. The quantitative estimate of drug-likeness (QED) is 0.497. The Bertz CT molecular complexity index is 1300. The molecule has 28 heavy (non-hydrogen) atoms. The SMILES string of the molecule is COC(=O)Cn1c(=NC(=O)c2ccc3nccnc3c2)sc2cc(F)ccc21. The Morgan fingerprint density at radius 2 is 1.93 bits per heavy atom. The van der Waals surface area contributed by atoms with Crippen LogP contribution >= 0.6 is 11.3 Å². The maximum Gasteiger partial charge on any atom is 0.325 e. The number of rotatable bonds is 3. The van der Waals surface area contributed by atoms with Gasteiger partial charge in [0.05, 0.1) is 28.4 Å². The number of ether oxygens (including phenoxy) is 1. The molecule has 7 nitrogen and oxygen atoms in total. The molecule has 0 atom stereocenters. The van der Waals surface area contributed by atoms with Gasteiger partial charge in [-0.05, 0) is 36.4 Å². The predicted octanol–water partition coefficient (Wildman–Crippen LogP) is 2.70. The molecule has 2 heterocycles. The van der Waals surface area contributed by atoms with Crippen LogP contribution in [0, 0.1) is 5.82 Å². The number of carbonyl (C=O) groups excluding carboxylic acids is 2. The Morgan fingerprint density at radius 3 is 2.71 bits per heavy atom. The van der Waals surface area contributed by atoms with Crippen LogP contribution in [0.1, 0.15) is 10.4 Å². The molecule has 0 fully saturated rings. The summed E-state index contributed by atoms with van der Waals surface area (Å²) in [5.41, 5.74) is 2.16. The molecule has 0 aliphatic rings. The van der Waals surface area contributed by atoms with E-state index in [4.69, 9.17) is 4.74 Å². The number of aromatic nitrogens is 3. The van der Waals surface area contributed by atoms with Gasteiger partial charge < -0.3 is 9.30 Å². The molecule has 0 spiro atoms. The Balaban J connectivity index is 1.83. The van der Waals surface area contributed by atoms with E-state index < -0.39 is 17.7 Å². The molecule has 1 amide bonds. The zero-order valence-corrected chi connectivity index (χ0v) is 15.4. The number of esters is 1. The minimum atomic E-state index is -0.502. The van der Waals surface area contributed by atoms with Gasteiger partial charge in [-0.1, -0.05) is 11.3 Å². The van der Waals surface area contributed by atoms with Gasteiger partial charge in [0.2, 0.25) is 0 Å². The van der Waals surface area contributed by atoms with Crippen LogP contribution in [0.5, 0.6) is 0 Å². The maximum absolute atomic E-state index is 13.6. The molecule has 140 valence electrons. The molecule has 0 saturated heterocycles. The highest BCUT2D eigenvalue weighted by Gasteiger charge is 2.13. The molecule has 0 saturated carbocycles. The lowest BCUT2D eigenvalue weighted by Crippen LogP contribution is -2.22. The Kier molecular flexibility index (Phi) is 4.66. The largest absolute Gasteiger partial charge is 0.468 e. The summed E-state index contributed by atoms with van der Waals surface area (Å²) in [5.74, 6) is -1.41. The molecule has 0 radical (unpaired) electrons. The highest BCUT2D eigenvalue weighted by molar-refractivity contribution is 7.16. The highest BCUT2D eigenvalue weighted by Crippen LogP contribution is 2.19. The summed E-state index contributed by atoms with van der Waals surface area (Å²) in [7, 11) is 1.27. The van der Waals surface area contributed by atoms with Crippen LogP contribution < -0.4 is 4.80 Å². The molecule has 2 aromatic carbocycles. The highest BCUT2D eigenvalue weighted by atomic mass is 32.1. The zero-order valence-electron chi connectivity index (χ0n) is 14.6. The number of fused-ring (bicyclic) bond motifs is 2. The van der Waals surface area contributed by atoms with Gasteiger partial charge in [-0.15, -0.1) is 0 Å². The van der Waals surface area contributed by atoms with E-state index >= 15 is 0 Å². The van der Waals surface area contributed by atoms with Gasteiger partial charge in [0.1, 0.15) is 12.4 Å². The lowest BCUT2D eigenvalue weighted by Gasteiger charge is -2.03. The number of thiazole rings is 1. The van der Waals surface area contributed by atoms with Gasteiger partial charge in [0.15, 0.2) is 4.80 Å². The number of hydrogen-bond acceptors (Lipinski definition) is 6. The molecule has 0 aliphatic carbocycles. The van der Waals surface area contributed by atoms with Crippen molar-refractivity contribution in [3.63, 3.8) is 0 Å². The lowest BCUT2D eigenvalue weighted by atomic mass is 10.2. The van der Waals surface area contributed by atoms with Crippen molar-refractivity contribution in [2.45, 2.75) is 6.54 Å². The monoisotopic (exact) mass is 396 g/mol. The average Bonchev–Trinajstić information content (AvgIpc) is 3.03. The van der Waals surface area contributed by atoms with E-state index in [2.05, 4.69) is 15.0 Å². The number of benzene rings is 2. The second-order valence-corrected chi connectivity index (χ2v) is 6.84. The fourth-order valence-corrected chi connectivity index (χ4v) is 3.78. The van der Waals surface area contributed by atoms with Gasteiger partial charge in [0.25, 0.3) is 5.91 Å². The number of amides is 1. The Morgan fingerprint density at radius 1 is 1.14 bits per heavy atom. The van der Waals surface area contributed by atoms with E-state index in [0.29, 0.717) is 26.8 Å². The van der Waals surface area contributed by atoms with Crippen molar-refractivity contribution >= 4 is 44.5 Å². The van der Waals surface area contributed by atoms with Crippen molar-refractivity contribution in [1.29, 1.82) is 0 Å². The molecule has 4 aromatic rings. The van der Waals surface area contributed by atoms with Crippen LogP contribution in [0.2, 0.25) is 0 Å². The standard InChI is InChI=1S/C19H13FN4O3S/c1-27-17(25)10-24-15-5-3-12(20)9-16(15)28-19(24)23-18(26)11-2-4-13-14(8-11)22-7-6-21-13/h2-9H,10H2,1H3. The van der Waals surface area contributed by atoms with Crippen molar-refractivity contribution in [3.05, 3.63) is 65.0 Å². The first-order valence-corrected chi connectivity index (χ1v) is 9.02. The van der Waals surface area contributed by atoms with E-state index in [1.165, 1.54) is 23.8 Å². The van der Waals surface area contributed by atoms with Crippen molar-refractivity contribution in [1.82, 2.24) is 14.5 Å². The summed E-state index contributed by atoms with van der Waals surface area (Å²) >= 11 is 1.12. The summed E-state index contributed by atoms with van der Waals surface area (Å²) in [6, 6.07) is 9.07. The van der Waals surface area contributed by atoms with Crippen molar-refractivity contribution in [2.24, 2.45) is 4.99 Å². The molecule has 9 heteroatoms. The summed E-state index contributed by atoms with van der Waals surface area (Å²) < 4.78 is 20.4. The topological polar surface area (TPSA) is 86.4 Å². The van der Waals surface area contributed by atoms with Gasteiger partial charge in [-0.25, -0.2) is 4.39 Å². The summed E-state index contributed by atoms with van der Waals surface area (Å²) in [4.78, 5) is 37.3. The first-order chi connectivity index (χ1) is 13.5. The summed E-state index contributed by atoms with van der Waals surface area (Å²) in [6.45, 7) is -0.141. The Hall–Kier alpha value is -3.46. The molecular weight excluding hydrogens is 383 g/mol. The second-order valence-electron chi connectivity index (χ2n) is 5.84. The number of nitrogens with zero attached hydrogens (tertiary/aromatic N) is 4. The van der Waals surface area contributed by atoms with Crippen LogP contribution in [0.15, 0.2) is 53.8 Å². The van der Waals surface area contributed by atoms with Crippen LogP contribution in [0.4, 0.5) is 4.39 Å². The molecule has 0 N–H and O–H groups in total. The number of hydrogen-bond donors (Lipinski definition) is 0. The van der Waals surface area contributed by atoms with E-state index in [1.54, 1.807) is 36.7 Å². The maximum atomic E-state index is 13.6. The van der Waals surface area contributed by atoms with Crippen LogP contribution in [0.3, 0.4) is 0 Å². The minimum Gasteiger partial charge on any atom is -0.468 e. The number of halogens is 1. The van der Waals surface area contributed by atoms with E-state index in [-0.39, 0.29) is 11.3 Å². The van der Waals surface area contributed by atoms with E-state index in [0.717, 1.165) is 11.3 Å². The predicted molar refractivity (Wildman–Crippen MR) is 101 cm³/mol. The molecular formula is C19H13FN4O3S. The number of methoxy groups -OCH3 is 1. The third-order valence-corrected chi connectivity index (χ3v) is 5.11. The van der Waals surface area contributed by atoms with Crippen molar-refractivity contribution < 1.29 is 18.7 Å². The molecule has 0 aliphatic heterocycles. The van der Waals surface area contributed by atoms with Crippen LogP contribution in [-0.4, -0.2) is 33.5 Å². The normalized spacial score (nSPS) is 11.9. The molecule has 0 unspecified atom stereocenters. The zero-order chi connectivity index (χ0) is 19.7. The third-order valence-electron chi connectivity index (χ3n) is 4.07. The van der Waals surface area contributed by atoms with Gasteiger partial charge >= 0.3 is 5.97 Å². The van der Waals surface area contributed by atoms with E-state index in [9.17, 15) is 14.0 Å². The average molecular weight is 396 g/mol. The smallest absolute Gasteiger partial charge is 0.325 e. The molecule has 2 aromatic heterocycles. The fraction of sp³-hybridized carbons (Fsp3) is 0.105. The summed E-state index contributed by atoms with van der Waals surface area (Å²) in [6.07, 6.45) is 3.11. The summed E-state index contributed by atoms with van der Waals surface area (Å²) in [5, 5.41) is 0.